The molecule has 2 nitrogen and oxygen atoms in total. The average Bonchev–Trinajstić information content (AvgIpc) is 2.49. The number of rotatable bonds is 6. The van der Waals surface area contributed by atoms with Crippen molar-refractivity contribution in [3.63, 3.8) is 0 Å². The van der Waals surface area contributed by atoms with Gasteiger partial charge < -0.3 is 10.1 Å². The third kappa shape index (κ3) is 4.43. The summed E-state index contributed by atoms with van der Waals surface area (Å²) in [5.41, 5.74) is 1.03. The smallest absolute Gasteiger partial charge is 0.145 e. The molecule has 0 saturated heterocycles. The van der Waals surface area contributed by atoms with Crippen LogP contribution in [-0.2, 0) is 0 Å². The van der Waals surface area contributed by atoms with Gasteiger partial charge in [-0.25, -0.2) is 4.39 Å². The molecule has 0 amide bonds. The Hall–Kier alpha value is -1.10. The highest BCUT2D eigenvalue weighted by Gasteiger charge is 2.16. The zero-order chi connectivity index (χ0) is 15.2. The lowest BCUT2D eigenvalue weighted by Crippen LogP contribution is -2.25. The number of benzene rings is 2. The maximum Gasteiger partial charge on any atom is 0.145 e. The quantitative estimate of drug-likeness (QED) is 0.723. The van der Waals surface area contributed by atoms with Crippen LogP contribution in [0.4, 0.5) is 4.39 Å². The molecule has 2 rings (SSSR count). The van der Waals surface area contributed by atoms with Crippen molar-refractivity contribution >= 4 is 27.5 Å². The second kappa shape index (κ2) is 7.78. The second-order valence-electron chi connectivity index (χ2n) is 4.52. The first-order chi connectivity index (χ1) is 10.1. The molecule has 1 atom stereocenters. The summed E-state index contributed by atoms with van der Waals surface area (Å²) in [7, 11) is 0. The SMILES string of the molecule is CCNCC(Oc1cc(F)c(Cl)cc1Br)c1ccccc1. The fourth-order valence-electron chi connectivity index (χ4n) is 1.92. The normalized spacial score (nSPS) is 12.2. The van der Waals surface area contributed by atoms with Crippen LogP contribution in [0, 0.1) is 5.82 Å². The first-order valence-corrected chi connectivity index (χ1v) is 7.85. The van der Waals surface area contributed by atoms with Crippen molar-refractivity contribution in [2.24, 2.45) is 0 Å². The third-order valence-electron chi connectivity index (χ3n) is 3.00. The maximum absolute atomic E-state index is 13.6. The maximum atomic E-state index is 13.6. The number of nitrogens with one attached hydrogen (secondary N) is 1. The molecule has 0 fully saturated rings. The minimum atomic E-state index is -0.495. The van der Waals surface area contributed by atoms with Crippen molar-refractivity contribution in [2.45, 2.75) is 13.0 Å². The van der Waals surface area contributed by atoms with E-state index in [4.69, 9.17) is 16.3 Å². The molecule has 2 aromatic carbocycles. The molecule has 0 heterocycles. The summed E-state index contributed by atoms with van der Waals surface area (Å²) in [6.07, 6.45) is -0.206. The minimum Gasteiger partial charge on any atom is -0.483 e. The van der Waals surface area contributed by atoms with Crippen LogP contribution < -0.4 is 10.1 Å². The Morgan fingerprint density at radius 3 is 2.67 bits per heavy atom. The molecule has 0 aliphatic carbocycles. The Kier molecular flexibility index (Phi) is 6.03. The Labute approximate surface area is 137 Å². The van der Waals surface area contributed by atoms with Crippen molar-refractivity contribution in [3.05, 3.63) is 63.3 Å². The summed E-state index contributed by atoms with van der Waals surface area (Å²) in [5, 5.41) is 3.32. The van der Waals surface area contributed by atoms with Gasteiger partial charge in [-0.1, -0.05) is 48.9 Å². The topological polar surface area (TPSA) is 21.3 Å². The zero-order valence-electron chi connectivity index (χ0n) is 11.6. The van der Waals surface area contributed by atoms with E-state index in [-0.39, 0.29) is 11.1 Å². The molecule has 112 valence electrons. The largest absolute Gasteiger partial charge is 0.483 e. The van der Waals surface area contributed by atoms with E-state index in [0.29, 0.717) is 16.8 Å². The van der Waals surface area contributed by atoms with Crippen LogP contribution in [0.25, 0.3) is 0 Å². The Bertz CT molecular complexity index is 594. The van der Waals surface area contributed by atoms with Crippen LogP contribution in [0.1, 0.15) is 18.6 Å². The van der Waals surface area contributed by atoms with Gasteiger partial charge in [-0.2, -0.15) is 0 Å². The average molecular weight is 373 g/mol. The molecule has 1 N–H and O–H groups in total. The number of hydrogen-bond acceptors (Lipinski definition) is 2. The van der Waals surface area contributed by atoms with Crippen molar-refractivity contribution in [1.82, 2.24) is 5.32 Å². The van der Waals surface area contributed by atoms with Gasteiger partial charge in [0.25, 0.3) is 0 Å². The van der Waals surface area contributed by atoms with E-state index < -0.39 is 5.82 Å². The first kappa shape index (κ1) is 16.3. The molecule has 0 spiro atoms. The first-order valence-electron chi connectivity index (χ1n) is 6.68. The van der Waals surface area contributed by atoms with Gasteiger partial charge in [-0.3, -0.25) is 0 Å². The van der Waals surface area contributed by atoms with Crippen LogP contribution in [0.2, 0.25) is 5.02 Å². The van der Waals surface area contributed by atoms with Gasteiger partial charge in [0, 0.05) is 12.6 Å². The summed E-state index contributed by atoms with van der Waals surface area (Å²) < 4.78 is 20.2. The predicted molar refractivity (Wildman–Crippen MR) is 87.5 cm³/mol. The number of ether oxygens (including phenoxy) is 1. The minimum absolute atomic E-state index is 0.0668. The molecule has 0 radical (unpaired) electrons. The lowest BCUT2D eigenvalue weighted by Gasteiger charge is -2.21. The molecule has 0 aliphatic heterocycles. The lowest BCUT2D eigenvalue weighted by molar-refractivity contribution is 0.200. The van der Waals surface area contributed by atoms with Gasteiger partial charge in [-0.05, 0) is 34.1 Å². The van der Waals surface area contributed by atoms with E-state index in [9.17, 15) is 4.39 Å². The highest BCUT2D eigenvalue weighted by molar-refractivity contribution is 9.10. The Morgan fingerprint density at radius 2 is 2.00 bits per heavy atom. The molecule has 0 saturated carbocycles. The van der Waals surface area contributed by atoms with Gasteiger partial charge >= 0.3 is 0 Å². The molecule has 21 heavy (non-hydrogen) atoms. The van der Waals surface area contributed by atoms with E-state index in [1.807, 2.05) is 37.3 Å². The van der Waals surface area contributed by atoms with Gasteiger partial charge in [0.05, 0.1) is 9.50 Å². The molecular weight excluding hydrogens is 357 g/mol. The van der Waals surface area contributed by atoms with Crippen molar-refractivity contribution in [2.75, 3.05) is 13.1 Å². The van der Waals surface area contributed by atoms with Gasteiger partial charge in [0.2, 0.25) is 0 Å². The summed E-state index contributed by atoms with van der Waals surface area (Å²) in [6, 6.07) is 12.6. The molecule has 5 heteroatoms. The highest BCUT2D eigenvalue weighted by Crippen LogP contribution is 2.33. The van der Waals surface area contributed by atoms with E-state index in [0.717, 1.165) is 12.1 Å². The van der Waals surface area contributed by atoms with Crippen molar-refractivity contribution in [3.8, 4) is 5.75 Å². The molecule has 0 bridgehead atoms. The Balaban J connectivity index is 2.25. The number of hydrogen-bond donors (Lipinski definition) is 1. The van der Waals surface area contributed by atoms with E-state index >= 15 is 0 Å². The van der Waals surface area contributed by atoms with Gasteiger partial charge in [-0.15, -0.1) is 0 Å². The van der Waals surface area contributed by atoms with Crippen LogP contribution in [0.3, 0.4) is 0 Å². The fraction of sp³-hybridized carbons (Fsp3) is 0.250. The lowest BCUT2D eigenvalue weighted by atomic mass is 10.1. The van der Waals surface area contributed by atoms with E-state index in [1.165, 1.54) is 12.1 Å². The molecule has 0 aromatic heterocycles. The standard InChI is InChI=1S/C16H16BrClFNO/c1-2-20-10-16(11-6-4-3-5-7-11)21-15-9-14(19)13(18)8-12(15)17/h3-9,16,20H,2,10H2,1H3. The molecule has 0 aliphatic rings. The van der Waals surface area contributed by atoms with Crippen LogP contribution in [-0.4, -0.2) is 13.1 Å². The highest BCUT2D eigenvalue weighted by atomic mass is 79.9. The van der Waals surface area contributed by atoms with Crippen LogP contribution in [0.5, 0.6) is 5.75 Å². The Morgan fingerprint density at radius 1 is 1.29 bits per heavy atom. The summed E-state index contributed by atoms with van der Waals surface area (Å²) in [5.74, 6) is -0.0613. The van der Waals surface area contributed by atoms with E-state index in [2.05, 4.69) is 21.2 Å². The zero-order valence-corrected chi connectivity index (χ0v) is 13.9. The van der Waals surface area contributed by atoms with Gasteiger partial charge in [0.1, 0.15) is 17.7 Å². The second-order valence-corrected chi connectivity index (χ2v) is 5.78. The van der Waals surface area contributed by atoms with E-state index in [1.54, 1.807) is 0 Å². The summed E-state index contributed by atoms with van der Waals surface area (Å²) in [6.45, 7) is 3.50. The number of likely N-dealkylation sites (N-methyl/N-ethyl adjacent to an activating group) is 1. The summed E-state index contributed by atoms with van der Waals surface area (Å²) in [4.78, 5) is 0. The molecule has 2 aromatic rings. The fourth-order valence-corrected chi connectivity index (χ4v) is 2.65. The summed E-state index contributed by atoms with van der Waals surface area (Å²) >= 11 is 9.10. The molecular formula is C16H16BrClFNO. The van der Waals surface area contributed by atoms with Crippen molar-refractivity contribution in [1.29, 1.82) is 0 Å². The van der Waals surface area contributed by atoms with Crippen molar-refractivity contribution < 1.29 is 9.13 Å². The van der Waals surface area contributed by atoms with Gasteiger partial charge in [0.15, 0.2) is 0 Å². The molecule has 1 unspecified atom stereocenters. The predicted octanol–water partition coefficient (Wildman–Crippen LogP) is 4.97. The monoisotopic (exact) mass is 371 g/mol. The van der Waals surface area contributed by atoms with Crippen LogP contribution >= 0.6 is 27.5 Å². The number of halogens is 3. The third-order valence-corrected chi connectivity index (χ3v) is 3.90. The van der Waals surface area contributed by atoms with Crippen LogP contribution in [0.15, 0.2) is 46.9 Å².